The van der Waals surface area contributed by atoms with Crippen LogP contribution < -0.4 is 10.6 Å². The van der Waals surface area contributed by atoms with Crippen LogP contribution in [0.2, 0.25) is 0 Å². The molecule has 0 unspecified atom stereocenters. The third-order valence-corrected chi connectivity index (χ3v) is 5.32. The van der Waals surface area contributed by atoms with Crippen LogP contribution >= 0.6 is 0 Å². The zero-order valence-corrected chi connectivity index (χ0v) is 16.9. The molecule has 0 saturated carbocycles. The molecular weight excluding hydrogens is 332 g/mol. The highest BCUT2D eigenvalue weighted by Gasteiger charge is 2.28. The van der Waals surface area contributed by atoms with Crippen molar-refractivity contribution in [3.8, 4) is 0 Å². The molecule has 2 aliphatic rings. The van der Waals surface area contributed by atoms with Gasteiger partial charge in [-0.1, -0.05) is 0 Å². The fourth-order valence-electron chi connectivity index (χ4n) is 3.42. The number of rotatable bonds is 6. The van der Waals surface area contributed by atoms with E-state index in [0.717, 1.165) is 78.1 Å². The number of carbonyl (C=O) groups is 1. The normalized spacial score (nSPS) is 20.9. The number of ether oxygens (including phenoxy) is 1. The number of nitrogens with one attached hydrogen (secondary N) is 2. The number of aliphatic imine (C=N–C) groups is 1. The number of amides is 1. The molecule has 0 atom stereocenters. The fraction of sp³-hybridized carbons (Fsp3) is 0.889. The van der Waals surface area contributed by atoms with E-state index in [1.165, 1.54) is 0 Å². The molecule has 0 spiro atoms. The van der Waals surface area contributed by atoms with Crippen molar-refractivity contribution in [3.63, 3.8) is 0 Å². The largest absolute Gasteiger partial charge is 0.379 e. The Balaban J connectivity index is 1.65. The zero-order valence-electron chi connectivity index (χ0n) is 16.9. The van der Waals surface area contributed by atoms with Crippen molar-refractivity contribution in [1.82, 2.24) is 25.3 Å². The highest BCUT2D eigenvalue weighted by Crippen LogP contribution is 2.14. The zero-order chi connectivity index (χ0) is 19.0. The number of hydrogen-bond acceptors (Lipinski definition) is 5. The van der Waals surface area contributed by atoms with Crippen LogP contribution in [0.1, 0.15) is 20.8 Å². The summed E-state index contributed by atoms with van der Waals surface area (Å²) in [4.78, 5) is 22.5. The minimum Gasteiger partial charge on any atom is -0.379 e. The first-order valence-electron chi connectivity index (χ1n) is 9.67. The van der Waals surface area contributed by atoms with Crippen LogP contribution in [0.15, 0.2) is 4.99 Å². The molecule has 8 nitrogen and oxygen atoms in total. The summed E-state index contributed by atoms with van der Waals surface area (Å²) in [5.41, 5.74) is 0.0599. The Kier molecular flexibility index (Phi) is 8.12. The van der Waals surface area contributed by atoms with Crippen molar-refractivity contribution >= 4 is 11.9 Å². The Morgan fingerprint density at radius 3 is 2.31 bits per heavy atom. The van der Waals surface area contributed by atoms with Crippen molar-refractivity contribution in [2.45, 2.75) is 26.3 Å². The number of nitrogens with zero attached hydrogens (tertiary/aromatic N) is 4. The standard InChI is InChI=1S/C18H36N6O2/c1-16(25)23-9-7-22(8-10-23)6-5-20-17(19-4)21-15-18(2,3)24-11-13-26-14-12-24/h5-15H2,1-4H3,(H2,19,20,21). The molecule has 2 saturated heterocycles. The van der Waals surface area contributed by atoms with Crippen LogP contribution in [0.3, 0.4) is 0 Å². The van der Waals surface area contributed by atoms with E-state index in [2.05, 4.69) is 39.3 Å². The smallest absolute Gasteiger partial charge is 0.219 e. The van der Waals surface area contributed by atoms with E-state index in [1.54, 1.807) is 6.92 Å². The minimum absolute atomic E-state index is 0.0599. The molecule has 0 bridgehead atoms. The van der Waals surface area contributed by atoms with E-state index in [0.29, 0.717) is 0 Å². The van der Waals surface area contributed by atoms with E-state index in [4.69, 9.17) is 4.74 Å². The number of carbonyl (C=O) groups excluding carboxylic acids is 1. The van der Waals surface area contributed by atoms with Gasteiger partial charge in [-0.3, -0.25) is 19.6 Å². The Labute approximate surface area is 157 Å². The highest BCUT2D eigenvalue weighted by atomic mass is 16.5. The quantitative estimate of drug-likeness (QED) is 0.483. The Bertz CT molecular complexity index is 468. The molecule has 0 aromatic carbocycles. The molecule has 2 rings (SSSR count). The molecule has 2 N–H and O–H groups in total. The van der Waals surface area contributed by atoms with Gasteiger partial charge in [-0.15, -0.1) is 0 Å². The van der Waals surface area contributed by atoms with E-state index in [-0.39, 0.29) is 11.4 Å². The summed E-state index contributed by atoms with van der Waals surface area (Å²) in [6.45, 7) is 15.9. The van der Waals surface area contributed by atoms with Crippen LogP contribution in [0.4, 0.5) is 0 Å². The second kappa shape index (κ2) is 10.1. The van der Waals surface area contributed by atoms with Crippen LogP contribution in [0, 0.1) is 0 Å². The van der Waals surface area contributed by atoms with Crippen molar-refractivity contribution in [2.75, 3.05) is 79.2 Å². The molecule has 0 aromatic heterocycles. The van der Waals surface area contributed by atoms with Crippen LogP contribution in [-0.2, 0) is 9.53 Å². The van der Waals surface area contributed by atoms with E-state index >= 15 is 0 Å². The Hall–Kier alpha value is -1.38. The number of guanidine groups is 1. The van der Waals surface area contributed by atoms with Gasteiger partial charge in [0.25, 0.3) is 0 Å². The first kappa shape index (κ1) is 20.9. The second-order valence-electron chi connectivity index (χ2n) is 7.61. The predicted molar refractivity (Wildman–Crippen MR) is 105 cm³/mol. The summed E-state index contributed by atoms with van der Waals surface area (Å²) >= 11 is 0. The molecule has 2 heterocycles. The topological polar surface area (TPSA) is 72.4 Å². The maximum Gasteiger partial charge on any atom is 0.219 e. The lowest BCUT2D eigenvalue weighted by Gasteiger charge is -2.41. The summed E-state index contributed by atoms with van der Waals surface area (Å²) in [6.07, 6.45) is 0. The average Bonchev–Trinajstić information content (AvgIpc) is 2.65. The maximum atomic E-state index is 11.4. The summed E-state index contributed by atoms with van der Waals surface area (Å²) in [7, 11) is 1.81. The van der Waals surface area contributed by atoms with Gasteiger partial charge in [0.1, 0.15) is 0 Å². The van der Waals surface area contributed by atoms with Crippen molar-refractivity contribution < 1.29 is 9.53 Å². The molecule has 26 heavy (non-hydrogen) atoms. The Morgan fingerprint density at radius 1 is 1.08 bits per heavy atom. The van der Waals surface area contributed by atoms with Gasteiger partial charge in [-0.25, -0.2) is 0 Å². The monoisotopic (exact) mass is 368 g/mol. The molecule has 150 valence electrons. The molecule has 8 heteroatoms. The third kappa shape index (κ3) is 6.41. The molecule has 0 radical (unpaired) electrons. The van der Waals surface area contributed by atoms with Gasteiger partial charge >= 0.3 is 0 Å². The minimum atomic E-state index is 0.0599. The van der Waals surface area contributed by atoms with Crippen LogP contribution in [-0.4, -0.2) is 111 Å². The molecule has 0 aliphatic carbocycles. The molecule has 2 aliphatic heterocycles. The van der Waals surface area contributed by atoms with Crippen LogP contribution in [0.25, 0.3) is 0 Å². The van der Waals surface area contributed by atoms with Gasteiger partial charge in [-0.2, -0.15) is 0 Å². The summed E-state index contributed by atoms with van der Waals surface area (Å²) < 4.78 is 5.45. The first-order chi connectivity index (χ1) is 12.4. The summed E-state index contributed by atoms with van der Waals surface area (Å²) in [5, 5.41) is 6.85. The van der Waals surface area contributed by atoms with Crippen LogP contribution in [0.5, 0.6) is 0 Å². The maximum absolute atomic E-state index is 11.4. The van der Waals surface area contributed by atoms with Gasteiger partial charge in [-0.05, 0) is 13.8 Å². The fourth-order valence-corrected chi connectivity index (χ4v) is 3.42. The van der Waals surface area contributed by atoms with Gasteiger partial charge in [0, 0.05) is 78.4 Å². The lowest BCUT2D eigenvalue weighted by Crippen LogP contribution is -2.57. The van der Waals surface area contributed by atoms with Gasteiger partial charge in [0.15, 0.2) is 5.96 Å². The van der Waals surface area contributed by atoms with E-state index < -0.39 is 0 Å². The number of hydrogen-bond donors (Lipinski definition) is 2. The highest BCUT2D eigenvalue weighted by molar-refractivity contribution is 5.79. The van der Waals surface area contributed by atoms with Crippen molar-refractivity contribution in [1.29, 1.82) is 0 Å². The third-order valence-electron chi connectivity index (χ3n) is 5.32. The van der Waals surface area contributed by atoms with E-state index in [1.807, 2.05) is 11.9 Å². The first-order valence-corrected chi connectivity index (χ1v) is 9.67. The second-order valence-corrected chi connectivity index (χ2v) is 7.61. The lowest BCUT2D eigenvalue weighted by molar-refractivity contribution is -0.130. The average molecular weight is 369 g/mol. The van der Waals surface area contributed by atoms with Gasteiger partial charge in [0.2, 0.25) is 5.91 Å². The SMILES string of the molecule is CN=C(NCCN1CCN(C(C)=O)CC1)NCC(C)(C)N1CCOCC1. The van der Waals surface area contributed by atoms with Crippen molar-refractivity contribution in [3.05, 3.63) is 0 Å². The lowest BCUT2D eigenvalue weighted by atomic mass is 10.0. The predicted octanol–water partition coefficient (Wildman–Crippen LogP) is -0.574. The van der Waals surface area contributed by atoms with Crippen molar-refractivity contribution in [2.24, 2.45) is 4.99 Å². The number of piperazine rings is 1. The summed E-state index contributed by atoms with van der Waals surface area (Å²) in [6, 6.07) is 0. The molecule has 1 amide bonds. The Morgan fingerprint density at radius 2 is 1.73 bits per heavy atom. The summed E-state index contributed by atoms with van der Waals surface area (Å²) in [5.74, 6) is 1.02. The van der Waals surface area contributed by atoms with Gasteiger partial charge in [0.05, 0.1) is 13.2 Å². The molecular formula is C18H36N6O2. The molecule has 2 fully saturated rings. The van der Waals surface area contributed by atoms with Gasteiger partial charge < -0.3 is 20.3 Å². The van der Waals surface area contributed by atoms with E-state index in [9.17, 15) is 4.79 Å². The molecule has 0 aromatic rings. The number of morpholine rings is 1.